The van der Waals surface area contributed by atoms with Crippen LogP contribution >= 0.6 is 0 Å². The van der Waals surface area contributed by atoms with Gasteiger partial charge in [0, 0.05) is 0 Å². The van der Waals surface area contributed by atoms with E-state index in [-0.39, 0.29) is 23.1 Å². The number of aromatic amines is 1. The van der Waals surface area contributed by atoms with E-state index in [1.54, 1.807) is 0 Å². The molecule has 0 radical (unpaired) electrons. The molecule has 2 rings (SSSR count). The lowest BCUT2D eigenvalue weighted by molar-refractivity contribution is -0.136. The van der Waals surface area contributed by atoms with Crippen LogP contribution in [0.5, 0.6) is 5.75 Å². The smallest absolute Gasteiger partial charge is 0.307 e. The van der Waals surface area contributed by atoms with Crippen molar-refractivity contribution in [2.45, 2.75) is 6.42 Å². The normalized spacial score (nSPS) is 10.5. The Bertz CT molecular complexity index is 618. The van der Waals surface area contributed by atoms with E-state index < -0.39 is 11.5 Å². The van der Waals surface area contributed by atoms with Gasteiger partial charge >= 0.3 is 5.97 Å². The third kappa shape index (κ3) is 1.72. The van der Waals surface area contributed by atoms with Crippen LogP contribution < -0.4 is 5.56 Å². The molecule has 0 unspecified atom stereocenters. The third-order valence-corrected chi connectivity index (χ3v) is 2.14. The highest BCUT2D eigenvalue weighted by molar-refractivity contribution is 5.85. The first kappa shape index (κ1) is 10.2. The fraction of sp³-hybridized carbons (Fsp3) is 0.100. The van der Waals surface area contributed by atoms with Crippen LogP contribution in [0.1, 0.15) is 5.56 Å². The molecule has 16 heavy (non-hydrogen) atoms. The molecule has 2 aromatic rings. The zero-order valence-electron chi connectivity index (χ0n) is 8.10. The average Bonchev–Trinajstić information content (AvgIpc) is 2.19. The first-order valence-corrected chi connectivity index (χ1v) is 4.49. The number of carboxylic acids is 1. The number of H-pyrrole nitrogens is 1. The standard InChI is InChI=1S/C10H8N2O4/c13-7-2-5(3-8(14)15)1-6-9(7)11-4-12-10(6)16/h1-2,4,13H,3H2,(H,14,15)(H,11,12,16). The van der Waals surface area contributed by atoms with E-state index in [0.29, 0.717) is 5.56 Å². The van der Waals surface area contributed by atoms with E-state index >= 15 is 0 Å². The van der Waals surface area contributed by atoms with E-state index in [2.05, 4.69) is 9.97 Å². The lowest BCUT2D eigenvalue weighted by Gasteiger charge is -2.02. The molecule has 0 amide bonds. The van der Waals surface area contributed by atoms with Gasteiger partial charge in [0.1, 0.15) is 11.3 Å². The van der Waals surface area contributed by atoms with Gasteiger partial charge in [-0.05, 0) is 17.7 Å². The summed E-state index contributed by atoms with van der Waals surface area (Å²) in [6.45, 7) is 0. The van der Waals surface area contributed by atoms with E-state index in [4.69, 9.17) is 5.11 Å². The van der Waals surface area contributed by atoms with E-state index in [0.717, 1.165) is 0 Å². The molecule has 0 atom stereocenters. The van der Waals surface area contributed by atoms with Gasteiger partial charge in [-0.2, -0.15) is 0 Å². The minimum atomic E-state index is -1.03. The number of benzene rings is 1. The van der Waals surface area contributed by atoms with Crippen molar-refractivity contribution in [3.8, 4) is 5.75 Å². The first-order chi connectivity index (χ1) is 7.58. The first-order valence-electron chi connectivity index (χ1n) is 4.49. The summed E-state index contributed by atoms with van der Waals surface area (Å²) in [6, 6.07) is 2.71. The maximum absolute atomic E-state index is 11.4. The topological polar surface area (TPSA) is 103 Å². The fourth-order valence-electron chi connectivity index (χ4n) is 1.50. The minimum absolute atomic E-state index is 0.165. The van der Waals surface area contributed by atoms with Gasteiger partial charge < -0.3 is 15.2 Å². The molecule has 0 aliphatic heterocycles. The maximum atomic E-state index is 11.4. The number of rotatable bonds is 2. The number of hydrogen-bond acceptors (Lipinski definition) is 4. The molecule has 0 saturated heterocycles. The second-order valence-corrected chi connectivity index (χ2v) is 3.31. The van der Waals surface area contributed by atoms with Crippen molar-refractivity contribution in [1.82, 2.24) is 9.97 Å². The van der Waals surface area contributed by atoms with Gasteiger partial charge in [0.25, 0.3) is 5.56 Å². The summed E-state index contributed by atoms with van der Waals surface area (Å²) in [5.74, 6) is -1.22. The highest BCUT2D eigenvalue weighted by Crippen LogP contribution is 2.22. The van der Waals surface area contributed by atoms with Crippen LogP contribution in [0.2, 0.25) is 0 Å². The number of phenols is 1. The summed E-state index contributed by atoms with van der Waals surface area (Å²) in [7, 11) is 0. The van der Waals surface area contributed by atoms with Crippen molar-refractivity contribution in [1.29, 1.82) is 0 Å². The Labute approximate surface area is 89.2 Å². The Kier molecular flexibility index (Phi) is 2.32. The lowest BCUT2D eigenvalue weighted by atomic mass is 10.1. The molecule has 1 aromatic carbocycles. The predicted octanol–water partition coefficient (Wildman–Crippen LogP) is 0.256. The molecule has 0 fully saturated rings. The van der Waals surface area contributed by atoms with E-state index in [9.17, 15) is 14.7 Å². The van der Waals surface area contributed by atoms with E-state index in [1.165, 1.54) is 18.5 Å². The Morgan fingerprint density at radius 1 is 1.44 bits per heavy atom. The number of hydrogen-bond donors (Lipinski definition) is 3. The van der Waals surface area contributed by atoms with Crippen LogP contribution in [0.15, 0.2) is 23.3 Å². The van der Waals surface area contributed by atoms with E-state index in [1.807, 2.05) is 0 Å². The number of nitrogens with zero attached hydrogens (tertiary/aromatic N) is 1. The molecule has 0 spiro atoms. The van der Waals surface area contributed by atoms with Gasteiger partial charge in [-0.25, -0.2) is 4.98 Å². The Morgan fingerprint density at radius 2 is 2.19 bits per heavy atom. The zero-order chi connectivity index (χ0) is 11.7. The number of carbonyl (C=O) groups is 1. The molecule has 0 aliphatic rings. The summed E-state index contributed by atoms with van der Waals surface area (Å²) in [5.41, 5.74) is 0.112. The van der Waals surface area contributed by atoms with Crippen LogP contribution in [0.25, 0.3) is 10.9 Å². The molecule has 82 valence electrons. The molecular formula is C10H8N2O4. The second-order valence-electron chi connectivity index (χ2n) is 3.31. The maximum Gasteiger partial charge on any atom is 0.307 e. The van der Waals surface area contributed by atoms with Crippen molar-refractivity contribution >= 4 is 16.9 Å². The Hall–Kier alpha value is -2.37. The highest BCUT2D eigenvalue weighted by atomic mass is 16.4. The summed E-state index contributed by atoms with van der Waals surface area (Å²) < 4.78 is 0. The number of aromatic nitrogens is 2. The lowest BCUT2D eigenvalue weighted by Crippen LogP contribution is -2.08. The van der Waals surface area contributed by atoms with Crippen molar-refractivity contribution < 1.29 is 15.0 Å². The largest absolute Gasteiger partial charge is 0.506 e. The second kappa shape index (κ2) is 3.65. The summed E-state index contributed by atoms with van der Waals surface area (Å²) >= 11 is 0. The predicted molar refractivity (Wildman–Crippen MR) is 55.4 cm³/mol. The number of aliphatic carboxylic acids is 1. The number of carboxylic acid groups (broad SMARTS) is 1. The molecule has 6 nitrogen and oxygen atoms in total. The Morgan fingerprint density at radius 3 is 2.88 bits per heavy atom. The minimum Gasteiger partial charge on any atom is -0.506 e. The number of aromatic hydroxyl groups is 1. The van der Waals surface area contributed by atoms with Gasteiger partial charge in [-0.3, -0.25) is 9.59 Å². The molecule has 0 saturated carbocycles. The molecular weight excluding hydrogens is 212 g/mol. The molecule has 0 bridgehead atoms. The molecule has 1 aromatic heterocycles. The van der Waals surface area contributed by atoms with Crippen LogP contribution in [-0.4, -0.2) is 26.2 Å². The van der Waals surface area contributed by atoms with Crippen LogP contribution in [0.3, 0.4) is 0 Å². The monoisotopic (exact) mass is 220 g/mol. The van der Waals surface area contributed by atoms with Crippen molar-refractivity contribution in [3.05, 3.63) is 34.4 Å². The van der Waals surface area contributed by atoms with Crippen molar-refractivity contribution in [2.75, 3.05) is 0 Å². The van der Waals surface area contributed by atoms with Gasteiger partial charge in [0.15, 0.2) is 0 Å². The number of phenolic OH excluding ortho intramolecular Hbond substituents is 1. The average molecular weight is 220 g/mol. The van der Waals surface area contributed by atoms with Gasteiger partial charge in [0.2, 0.25) is 0 Å². The molecule has 6 heteroatoms. The summed E-state index contributed by atoms with van der Waals surface area (Å²) in [4.78, 5) is 28.1. The van der Waals surface area contributed by atoms with Crippen LogP contribution in [-0.2, 0) is 11.2 Å². The van der Waals surface area contributed by atoms with Crippen LogP contribution in [0.4, 0.5) is 0 Å². The van der Waals surface area contributed by atoms with Crippen molar-refractivity contribution in [3.63, 3.8) is 0 Å². The summed E-state index contributed by atoms with van der Waals surface area (Å²) in [6.07, 6.45) is 0.930. The van der Waals surface area contributed by atoms with Gasteiger partial charge in [0.05, 0.1) is 18.1 Å². The third-order valence-electron chi connectivity index (χ3n) is 2.14. The van der Waals surface area contributed by atoms with Gasteiger partial charge in [-0.1, -0.05) is 0 Å². The quantitative estimate of drug-likeness (QED) is 0.673. The highest BCUT2D eigenvalue weighted by Gasteiger charge is 2.09. The molecule has 1 heterocycles. The summed E-state index contributed by atoms with van der Waals surface area (Å²) in [5, 5.41) is 18.4. The number of fused-ring (bicyclic) bond motifs is 1. The molecule has 0 aliphatic carbocycles. The molecule has 3 N–H and O–H groups in total. The fourth-order valence-corrected chi connectivity index (χ4v) is 1.50. The number of nitrogens with one attached hydrogen (secondary N) is 1. The Balaban J connectivity index is 2.70. The van der Waals surface area contributed by atoms with Crippen molar-refractivity contribution in [2.24, 2.45) is 0 Å². The van der Waals surface area contributed by atoms with Gasteiger partial charge in [-0.15, -0.1) is 0 Å². The zero-order valence-corrected chi connectivity index (χ0v) is 8.10. The van der Waals surface area contributed by atoms with Crippen LogP contribution in [0, 0.1) is 0 Å². The SMILES string of the molecule is O=C(O)Cc1cc(O)c2nc[nH]c(=O)c2c1.